The number of halogens is 2. The molecule has 1 aromatic carbocycles. The molecule has 1 rings (SSSR count). The zero-order chi connectivity index (χ0) is 10.6. The predicted octanol–water partition coefficient (Wildman–Crippen LogP) is 3.54. The molecule has 0 N–H and O–H groups in total. The molecule has 14 heavy (non-hydrogen) atoms. The van der Waals surface area contributed by atoms with E-state index in [2.05, 4.69) is 14.8 Å². The molecule has 0 aliphatic heterocycles. The minimum absolute atomic E-state index is 0.0504. The number of rotatable bonds is 3. The topological polar surface area (TPSA) is 58.0 Å². The largest absolute Gasteiger partial charge is 0.435 e. The zero-order valence-electron chi connectivity index (χ0n) is 7.32. The molecule has 0 radical (unpaired) electrons. The maximum absolute atomic E-state index is 11.8. The van der Waals surface area contributed by atoms with Crippen LogP contribution in [0, 0.1) is 6.92 Å². The van der Waals surface area contributed by atoms with Gasteiger partial charge in [-0.05, 0) is 36.2 Å². The maximum Gasteiger partial charge on any atom is 0.387 e. The van der Waals surface area contributed by atoms with E-state index in [1.165, 1.54) is 18.2 Å². The lowest BCUT2D eigenvalue weighted by molar-refractivity contribution is -0.0498. The van der Waals surface area contributed by atoms with Crippen molar-refractivity contribution in [3.05, 3.63) is 34.2 Å². The third-order valence-electron chi connectivity index (χ3n) is 1.55. The number of azide groups is 1. The van der Waals surface area contributed by atoms with Crippen LogP contribution in [0.1, 0.15) is 5.56 Å². The number of aryl methyl sites for hydroxylation is 1. The van der Waals surface area contributed by atoms with Gasteiger partial charge < -0.3 is 4.74 Å². The first-order chi connectivity index (χ1) is 6.63. The summed E-state index contributed by atoms with van der Waals surface area (Å²) in [6.45, 7) is -1.21. The van der Waals surface area contributed by atoms with Crippen LogP contribution in [-0.2, 0) is 0 Å². The molecule has 0 heterocycles. The summed E-state index contributed by atoms with van der Waals surface area (Å²) in [5.74, 6) is 0.0504. The van der Waals surface area contributed by atoms with E-state index in [0.29, 0.717) is 11.3 Å². The minimum atomic E-state index is -2.85. The van der Waals surface area contributed by atoms with Gasteiger partial charge >= 0.3 is 6.61 Å². The van der Waals surface area contributed by atoms with Gasteiger partial charge in [0.1, 0.15) is 5.75 Å². The lowest BCUT2D eigenvalue weighted by Gasteiger charge is -2.05. The van der Waals surface area contributed by atoms with Gasteiger partial charge in [-0.2, -0.15) is 8.78 Å². The summed E-state index contributed by atoms with van der Waals surface area (Å²) in [5, 5.41) is 3.36. The van der Waals surface area contributed by atoms with E-state index >= 15 is 0 Å². The van der Waals surface area contributed by atoms with Gasteiger partial charge in [-0.25, -0.2) is 0 Å². The molecule has 1 aromatic rings. The van der Waals surface area contributed by atoms with Crippen LogP contribution in [0.15, 0.2) is 23.3 Å². The highest BCUT2D eigenvalue weighted by atomic mass is 19.3. The second-order valence-electron chi connectivity index (χ2n) is 2.52. The molecular weight excluding hydrogens is 192 g/mol. The lowest BCUT2D eigenvalue weighted by atomic mass is 10.2. The average molecular weight is 199 g/mol. The second-order valence-corrected chi connectivity index (χ2v) is 2.52. The Balaban J connectivity index is 2.94. The van der Waals surface area contributed by atoms with Gasteiger partial charge in [0.2, 0.25) is 0 Å². The summed E-state index contributed by atoms with van der Waals surface area (Å²) in [4.78, 5) is 2.59. The summed E-state index contributed by atoms with van der Waals surface area (Å²) in [5.41, 5.74) is 9.15. The Morgan fingerprint density at radius 2 is 2.21 bits per heavy atom. The molecule has 0 spiro atoms. The van der Waals surface area contributed by atoms with Crippen LogP contribution in [0.25, 0.3) is 10.4 Å². The fourth-order valence-corrected chi connectivity index (χ4v) is 0.965. The van der Waals surface area contributed by atoms with Crippen LogP contribution < -0.4 is 4.74 Å². The van der Waals surface area contributed by atoms with Crippen molar-refractivity contribution in [3.63, 3.8) is 0 Å². The number of alkyl halides is 2. The van der Waals surface area contributed by atoms with Crippen molar-refractivity contribution in [2.75, 3.05) is 0 Å². The normalized spacial score (nSPS) is 9.71. The molecule has 74 valence electrons. The fraction of sp³-hybridized carbons (Fsp3) is 0.250. The van der Waals surface area contributed by atoms with Gasteiger partial charge in [0, 0.05) is 10.6 Å². The molecule has 0 fully saturated rings. The summed E-state index contributed by atoms with van der Waals surface area (Å²) in [6.07, 6.45) is 0. The van der Waals surface area contributed by atoms with Gasteiger partial charge in [0.25, 0.3) is 0 Å². The van der Waals surface area contributed by atoms with E-state index in [1.807, 2.05) is 0 Å². The van der Waals surface area contributed by atoms with Crippen LogP contribution in [0.3, 0.4) is 0 Å². The third-order valence-corrected chi connectivity index (χ3v) is 1.55. The van der Waals surface area contributed by atoms with Crippen LogP contribution >= 0.6 is 0 Å². The number of benzene rings is 1. The van der Waals surface area contributed by atoms with Crippen LogP contribution in [0.5, 0.6) is 5.75 Å². The molecule has 0 bridgehead atoms. The smallest absolute Gasteiger partial charge is 0.387 e. The Bertz CT molecular complexity index is 375. The van der Waals surface area contributed by atoms with Crippen molar-refractivity contribution in [1.82, 2.24) is 0 Å². The highest BCUT2D eigenvalue weighted by Crippen LogP contribution is 2.24. The van der Waals surface area contributed by atoms with Gasteiger partial charge in [0.05, 0.1) is 0 Å². The van der Waals surface area contributed by atoms with Crippen molar-refractivity contribution >= 4 is 5.69 Å². The van der Waals surface area contributed by atoms with E-state index in [1.54, 1.807) is 6.92 Å². The number of nitrogens with zero attached hydrogens (tertiary/aromatic N) is 3. The van der Waals surface area contributed by atoms with Crippen LogP contribution in [-0.4, -0.2) is 6.61 Å². The number of ether oxygens (including phenoxy) is 1. The van der Waals surface area contributed by atoms with Crippen LogP contribution in [0.2, 0.25) is 0 Å². The first-order valence-electron chi connectivity index (χ1n) is 3.74. The van der Waals surface area contributed by atoms with Crippen molar-refractivity contribution in [2.45, 2.75) is 13.5 Å². The SMILES string of the molecule is Cc1cc(OC(F)F)ccc1N=[N+]=[N-]. The first kappa shape index (κ1) is 10.3. The summed E-state index contributed by atoms with van der Waals surface area (Å²) in [7, 11) is 0. The molecule has 0 amide bonds. The van der Waals surface area contributed by atoms with Gasteiger partial charge in [-0.3, -0.25) is 0 Å². The quantitative estimate of drug-likeness (QED) is 0.417. The fourth-order valence-electron chi connectivity index (χ4n) is 0.965. The lowest BCUT2D eigenvalue weighted by Crippen LogP contribution is -2.01. The highest BCUT2D eigenvalue weighted by Gasteiger charge is 2.05. The van der Waals surface area contributed by atoms with Gasteiger partial charge in [-0.15, -0.1) is 0 Å². The zero-order valence-corrected chi connectivity index (χ0v) is 7.32. The molecule has 0 unspecified atom stereocenters. The Hall–Kier alpha value is -1.81. The Kier molecular flexibility index (Phi) is 3.25. The summed E-state index contributed by atoms with van der Waals surface area (Å²) >= 11 is 0. The molecule has 0 saturated carbocycles. The standard InChI is InChI=1S/C8H7F2N3O/c1-5-4-6(14-8(9)10)2-3-7(5)12-13-11/h2-4,8H,1H3. The number of hydrogen-bond acceptors (Lipinski definition) is 2. The monoisotopic (exact) mass is 199 g/mol. The van der Waals surface area contributed by atoms with E-state index in [4.69, 9.17) is 5.53 Å². The van der Waals surface area contributed by atoms with E-state index < -0.39 is 6.61 Å². The van der Waals surface area contributed by atoms with Crippen molar-refractivity contribution in [2.24, 2.45) is 5.11 Å². The van der Waals surface area contributed by atoms with Crippen LogP contribution in [0.4, 0.5) is 14.5 Å². The van der Waals surface area contributed by atoms with Crippen molar-refractivity contribution in [3.8, 4) is 5.75 Å². The average Bonchev–Trinajstić information content (AvgIpc) is 2.09. The molecule has 4 nitrogen and oxygen atoms in total. The Morgan fingerprint density at radius 1 is 1.50 bits per heavy atom. The molecule has 0 aliphatic rings. The molecule has 0 aromatic heterocycles. The Labute approximate surface area is 78.7 Å². The molecule has 0 saturated heterocycles. The first-order valence-corrected chi connectivity index (χ1v) is 3.74. The summed E-state index contributed by atoms with van der Waals surface area (Å²) in [6, 6.07) is 4.13. The molecular formula is C8H7F2N3O. The predicted molar refractivity (Wildman–Crippen MR) is 46.6 cm³/mol. The highest BCUT2D eigenvalue weighted by molar-refractivity contribution is 5.48. The van der Waals surface area contributed by atoms with E-state index in [0.717, 1.165) is 0 Å². The summed E-state index contributed by atoms with van der Waals surface area (Å²) < 4.78 is 27.8. The van der Waals surface area contributed by atoms with Crippen molar-refractivity contribution < 1.29 is 13.5 Å². The maximum atomic E-state index is 11.8. The minimum Gasteiger partial charge on any atom is -0.435 e. The van der Waals surface area contributed by atoms with Crippen molar-refractivity contribution in [1.29, 1.82) is 0 Å². The molecule has 6 heteroatoms. The Morgan fingerprint density at radius 3 is 2.71 bits per heavy atom. The van der Waals surface area contributed by atoms with E-state index in [-0.39, 0.29) is 5.75 Å². The van der Waals surface area contributed by atoms with Gasteiger partial charge in [-0.1, -0.05) is 5.11 Å². The molecule has 0 atom stereocenters. The van der Waals surface area contributed by atoms with E-state index in [9.17, 15) is 8.78 Å². The third kappa shape index (κ3) is 2.60. The van der Waals surface area contributed by atoms with Gasteiger partial charge in [0.15, 0.2) is 0 Å². The molecule has 0 aliphatic carbocycles. The number of hydrogen-bond donors (Lipinski definition) is 0. The second kappa shape index (κ2) is 4.43.